The Kier molecular flexibility index (Phi) is 14.4. The summed E-state index contributed by atoms with van der Waals surface area (Å²) in [6.07, 6.45) is 6.31. The van der Waals surface area contributed by atoms with Gasteiger partial charge in [0.05, 0.1) is 19.6 Å². The van der Waals surface area contributed by atoms with Crippen molar-refractivity contribution in [3.8, 4) is 0 Å². The van der Waals surface area contributed by atoms with E-state index in [1.807, 2.05) is 6.07 Å². The van der Waals surface area contributed by atoms with Crippen molar-refractivity contribution in [3.63, 3.8) is 0 Å². The van der Waals surface area contributed by atoms with E-state index in [-0.39, 0.29) is 73.4 Å². The zero-order chi connectivity index (χ0) is 36.9. The van der Waals surface area contributed by atoms with Crippen LogP contribution in [0.3, 0.4) is 0 Å². The molecule has 0 saturated heterocycles. The lowest BCUT2D eigenvalue weighted by molar-refractivity contribution is -0.138. The lowest BCUT2D eigenvalue weighted by Gasteiger charge is -2.29. The summed E-state index contributed by atoms with van der Waals surface area (Å²) in [5.41, 5.74) is 0.757. The van der Waals surface area contributed by atoms with Gasteiger partial charge in [0.2, 0.25) is 29.5 Å². The number of hydrogen-bond acceptors (Lipinski definition) is 9. The first kappa shape index (κ1) is 38.9. The number of imide groups is 1. The number of hydrogen-bond donors (Lipinski definition) is 5. The van der Waals surface area contributed by atoms with Gasteiger partial charge in [0.1, 0.15) is 18.9 Å². The van der Waals surface area contributed by atoms with E-state index < -0.39 is 42.3 Å². The first-order valence-electron chi connectivity index (χ1n) is 17.5. The second kappa shape index (κ2) is 18.9. The molecule has 1 aromatic carbocycles. The molecule has 0 spiro atoms. The molecule has 7 amide bonds. The highest BCUT2D eigenvalue weighted by atomic mass is 16.5. The summed E-state index contributed by atoms with van der Waals surface area (Å²) in [6.45, 7) is 2.58. The van der Waals surface area contributed by atoms with Crippen molar-refractivity contribution in [2.24, 2.45) is 23.7 Å². The van der Waals surface area contributed by atoms with Gasteiger partial charge in [-0.3, -0.25) is 43.3 Å². The summed E-state index contributed by atoms with van der Waals surface area (Å²) in [4.78, 5) is 101. The SMILES string of the molecule is CC(C)C(=O)C(OCNC(=O)CNC(=O)[C@H](Cc1ccccc1)NC(=O)CNC(=O)CNC(=O)C1CCC(CN2C(=O)C=CC2=O)CC1)C1CC1. The summed E-state index contributed by atoms with van der Waals surface area (Å²) >= 11 is 0. The van der Waals surface area contributed by atoms with E-state index in [1.54, 1.807) is 38.1 Å². The molecule has 3 aliphatic rings. The largest absolute Gasteiger partial charge is 0.350 e. The fourth-order valence-corrected chi connectivity index (χ4v) is 6.08. The predicted octanol–water partition coefficient (Wildman–Crippen LogP) is -0.112. The normalized spacial score (nSPS) is 19.6. The molecular formula is C36H48N6O9. The van der Waals surface area contributed by atoms with Crippen LogP contribution in [0.4, 0.5) is 0 Å². The highest BCUT2D eigenvalue weighted by Crippen LogP contribution is 2.35. The lowest BCUT2D eigenvalue weighted by atomic mass is 9.81. The molecule has 15 nitrogen and oxygen atoms in total. The van der Waals surface area contributed by atoms with Crippen LogP contribution in [0.2, 0.25) is 0 Å². The summed E-state index contributed by atoms with van der Waals surface area (Å²) in [5, 5.41) is 12.7. The Morgan fingerprint density at radius 2 is 1.37 bits per heavy atom. The van der Waals surface area contributed by atoms with Gasteiger partial charge in [-0.2, -0.15) is 0 Å². The Balaban J connectivity index is 1.16. The molecule has 51 heavy (non-hydrogen) atoms. The highest BCUT2D eigenvalue weighted by molar-refractivity contribution is 6.12. The number of nitrogens with one attached hydrogen (secondary N) is 5. The molecule has 1 aliphatic heterocycles. The Hall–Kier alpha value is -4.92. The van der Waals surface area contributed by atoms with Gasteiger partial charge in [-0.15, -0.1) is 0 Å². The van der Waals surface area contributed by atoms with Crippen molar-refractivity contribution in [3.05, 3.63) is 48.0 Å². The number of ether oxygens (including phenoxy) is 1. The molecule has 0 radical (unpaired) electrons. The van der Waals surface area contributed by atoms with Gasteiger partial charge in [-0.05, 0) is 55.9 Å². The first-order chi connectivity index (χ1) is 24.4. The van der Waals surface area contributed by atoms with Gasteiger partial charge in [-0.1, -0.05) is 44.2 Å². The van der Waals surface area contributed by atoms with E-state index >= 15 is 0 Å². The topological polar surface area (TPSA) is 209 Å². The number of carbonyl (C=O) groups excluding carboxylic acids is 8. The van der Waals surface area contributed by atoms with Gasteiger partial charge in [0.15, 0.2) is 5.78 Å². The zero-order valence-corrected chi connectivity index (χ0v) is 29.1. The Morgan fingerprint density at radius 3 is 2.00 bits per heavy atom. The van der Waals surface area contributed by atoms with Crippen LogP contribution in [-0.4, -0.2) is 97.1 Å². The number of carbonyl (C=O) groups is 8. The standard InChI is InChI=1S/C36H48N6O9/c1-22(2)33(48)34(25-12-13-25)51-21-40-29(44)18-39-36(50)27(16-23-6-4-3-5-7-23)41-30(45)19-37-28(43)17-38-35(49)26-10-8-24(9-11-26)20-42-31(46)14-15-32(42)47/h3-7,14-15,22,24-27,34H,8-13,16-21H2,1-2H3,(H,37,43)(H,38,49)(H,39,50)(H,40,44)(H,41,45)/t24?,26?,27-,34?/m0/s1. The monoisotopic (exact) mass is 708 g/mol. The Labute approximate surface area is 297 Å². The van der Waals surface area contributed by atoms with E-state index in [4.69, 9.17) is 4.74 Å². The third kappa shape index (κ3) is 12.4. The average Bonchev–Trinajstić information content (AvgIpc) is 3.92. The van der Waals surface area contributed by atoms with Crippen LogP contribution in [0.15, 0.2) is 42.5 Å². The molecule has 2 atom stereocenters. The zero-order valence-electron chi connectivity index (χ0n) is 29.1. The molecule has 1 unspecified atom stereocenters. The van der Waals surface area contributed by atoms with E-state index in [2.05, 4.69) is 26.6 Å². The molecule has 2 fully saturated rings. The molecule has 0 aromatic heterocycles. The third-order valence-corrected chi connectivity index (χ3v) is 9.22. The molecule has 276 valence electrons. The van der Waals surface area contributed by atoms with Crippen molar-refractivity contribution in [1.82, 2.24) is 31.5 Å². The number of Topliss-reactive ketones (excluding diaryl/α,β-unsaturated/α-hetero) is 1. The second-order valence-corrected chi connectivity index (χ2v) is 13.6. The minimum absolute atomic E-state index is 0.0121. The molecule has 2 aliphatic carbocycles. The Bertz CT molecular complexity index is 1470. The minimum Gasteiger partial charge on any atom is -0.350 e. The molecule has 2 saturated carbocycles. The molecule has 5 N–H and O–H groups in total. The van der Waals surface area contributed by atoms with Crippen LogP contribution >= 0.6 is 0 Å². The molecule has 0 bridgehead atoms. The second-order valence-electron chi connectivity index (χ2n) is 13.6. The number of ketones is 1. The maximum absolute atomic E-state index is 13.1. The van der Waals surface area contributed by atoms with Crippen LogP contribution in [0.5, 0.6) is 0 Å². The van der Waals surface area contributed by atoms with Crippen LogP contribution in [0, 0.1) is 23.7 Å². The van der Waals surface area contributed by atoms with Crippen molar-refractivity contribution >= 4 is 47.1 Å². The quantitative estimate of drug-likeness (QED) is 0.0958. The maximum Gasteiger partial charge on any atom is 0.253 e. The van der Waals surface area contributed by atoms with Crippen molar-refractivity contribution in [1.29, 1.82) is 0 Å². The number of amides is 7. The first-order valence-corrected chi connectivity index (χ1v) is 17.5. The van der Waals surface area contributed by atoms with E-state index in [1.165, 1.54) is 17.1 Å². The Morgan fingerprint density at radius 1 is 0.765 bits per heavy atom. The van der Waals surface area contributed by atoms with Crippen molar-refractivity contribution < 1.29 is 43.1 Å². The number of benzene rings is 1. The van der Waals surface area contributed by atoms with E-state index in [0.29, 0.717) is 32.2 Å². The van der Waals surface area contributed by atoms with Gasteiger partial charge >= 0.3 is 0 Å². The summed E-state index contributed by atoms with van der Waals surface area (Å²) in [5.74, 6) is -3.55. The molecule has 4 rings (SSSR count). The van der Waals surface area contributed by atoms with Crippen molar-refractivity contribution in [2.75, 3.05) is 32.9 Å². The molecule has 1 aromatic rings. The summed E-state index contributed by atoms with van der Waals surface area (Å²) in [6, 6.07) is 7.90. The minimum atomic E-state index is -1.06. The van der Waals surface area contributed by atoms with Crippen LogP contribution in [0.25, 0.3) is 0 Å². The third-order valence-electron chi connectivity index (χ3n) is 9.22. The summed E-state index contributed by atoms with van der Waals surface area (Å²) < 4.78 is 5.65. The van der Waals surface area contributed by atoms with Crippen molar-refractivity contribution in [2.45, 2.75) is 70.9 Å². The average molecular weight is 709 g/mol. The van der Waals surface area contributed by atoms with E-state index in [0.717, 1.165) is 18.4 Å². The van der Waals surface area contributed by atoms with Gasteiger partial charge in [-0.25, -0.2) is 0 Å². The molecule has 1 heterocycles. The van der Waals surface area contributed by atoms with Crippen LogP contribution in [-0.2, 0) is 49.5 Å². The van der Waals surface area contributed by atoms with Crippen LogP contribution in [0.1, 0.15) is 57.9 Å². The predicted molar refractivity (Wildman–Crippen MR) is 183 cm³/mol. The smallest absolute Gasteiger partial charge is 0.253 e. The molecule has 15 heteroatoms. The summed E-state index contributed by atoms with van der Waals surface area (Å²) in [7, 11) is 0. The fraction of sp³-hybridized carbons (Fsp3) is 0.556. The highest BCUT2D eigenvalue weighted by Gasteiger charge is 2.38. The lowest BCUT2D eigenvalue weighted by Crippen LogP contribution is -2.52. The van der Waals surface area contributed by atoms with Gasteiger partial charge in [0.25, 0.3) is 11.8 Å². The fourth-order valence-electron chi connectivity index (χ4n) is 6.08. The maximum atomic E-state index is 13.1. The van der Waals surface area contributed by atoms with Crippen LogP contribution < -0.4 is 26.6 Å². The number of rotatable bonds is 19. The van der Waals surface area contributed by atoms with E-state index in [9.17, 15) is 38.4 Å². The van der Waals surface area contributed by atoms with Gasteiger partial charge in [0, 0.05) is 37.0 Å². The van der Waals surface area contributed by atoms with Gasteiger partial charge < -0.3 is 31.3 Å². The number of nitrogens with zero attached hydrogens (tertiary/aromatic N) is 1. The molecular weight excluding hydrogens is 660 g/mol.